The molecule has 126 valence electrons. The summed E-state index contributed by atoms with van der Waals surface area (Å²) < 4.78 is 5.51. The molecule has 3 heteroatoms. The molecule has 0 atom stereocenters. The molecule has 24 heavy (non-hydrogen) atoms. The quantitative estimate of drug-likeness (QED) is 0.759. The average Bonchev–Trinajstić information content (AvgIpc) is 2.96. The molecule has 0 N–H and O–H groups in total. The SMILES string of the molecule is CCc1ccc(-c2ccc3c(c2)CCN3C(=O)OC(C)(C)C)cc1. The second-order valence-corrected chi connectivity index (χ2v) is 7.28. The van der Waals surface area contributed by atoms with E-state index in [0.717, 1.165) is 18.5 Å². The third-order valence-electron chi connectivity index (χ3n) is 4.28. The zero-order valence-corrected chi connectivity index (χ0v) is 14.9. The molecule has 0 fully saturated rings. The third kappa shape index (κ3) is 3.45. The molecule has 3 nitrogen and oxygen atoms in total. The summed E-state index contributed by atoms with van der Waals surface area (Å²) in [5.41, 5.74) is 5.46. The molecule has 1 aliphatic rings. The summed E-state index contributed by atoms with van der Waals surface area (Å²) in [4.78, 5) is 14.1. The zero-order valence-electron chi connectivity index (χ0n) is 14.9. The van der Waals surface area contributed by atoms with Crippen LogP contribution >= 0.6 is 0 Å². The molecule has 0 spiro atoms. The Hall–Kier alpha value is -2.29. The van der Waals surface area contributed by atoms with Crippen molar-refractivity contribution in [1.29, 1.82) is 0 Å². The summed E-state index contributed by atoms with van der Waals surface area (Å²) in [5.74, 6) is 0. The monoisotopic (exact) mass is 323 g/mol. The minimum atomic E-state index is -0.471. The zero-order chi connectivity index (χ0) is 17.3. The van der Waals surface area contributed by atoms with Gasteiger partial charge < -0.3 is 4.74 Å². The summed E-state index contributed by atoms with van der Waals surface area (Å²) in [6.45, 7) is 8.53. The molecule has 2 aromatic rings. The number of benzene rings is 2. The van der Waals surface area contributed by atoms with E-state index < -0.39 is 5.60 Å². The molecule has 3 rings (SSSR count). The van der Waals surface area contributed by atoms with E-state index in [1.54, 1.807) is 4.90 Å². The average molecular weight is 323 g/mol. The highest BCUT2D eigenvalue weighted by atomic mass is 16.6. The smallest absolute Gasteiger partial charge is 0.414 e. The molecule has 1 aliphatic heterocycles. The van der Waals surface area contributed by atoms with Crippen LogP contribution in [0.1, 0.15) is 38.8 Å². The first-order valence-electron chi connectivity index (χ1n) is 8.60. The molecule has 2 aromatic carbocycles. The maximum Gasteiger partial charge on any atom is 0.414 e. The van der Waals surface area contributed by atoms with Gasteiger partial charge in [-0.25, -0.2) is 4.79 Å². The van der Waals surface area contributed by atoms with Gasteiger partial charge in [-0.05, 0) is 68.0 Å². The van der Waals surface area contributed by atoms with E-state index in [1.807, 2.05) is 26.8 Å². The van der Waals surface area contributed by atoms with Gasteiger partial charge in [-0.15, -0.1) is 0 Å². The molecule has 0 unspecified atom stereocenters. The minimum Gasteiger partial charge on any atom is -0.443 e. The van der Waals surface area contributed by atoms with Crippen LogP contribution in [0.5, 0.6) is 0 Å². The normalized spacial score (nSPS) is 13.8. The van der Waals surface area contributed by atoms with Crippen molar-refractivity contribution in [2.24, 2.45) is 0 Å². The van der Waals surface area contributed by atoms with Crippen LogP contribution in [-0.4, -0.2) is 18.2 Å². The van der Waals surface area contributed by atoms with E-state index in [0.29, 0.717) is 6.54 Å². The lowest BCUT2D eigenvalue weighted by molar-refractivity contribution is 0.0584. The minimum absolute atomic E-state index is 0.263. The number of amides is 1. The van der Waals surface area contributed by atoms with Gasteiger partial charge in [0.2, 0.25) is 0 Å². The number of anilines is 1. The lowest BCUT2D eigenvalue weighted by atomic mass is 10.00. The van der Waals surface area contributed by atoms with Crippen molar-refractivity contribution < 1.29 is 9.53 Å². The number of hydrogen-bond acceptors (Lipinski definition) is 2. The van der Waals surface area contributed by atoms with Crippen molar-refractivity contribution in [3.63, 3.8) is 0 Å². The lowest BCUT2D eigenvalue weighted by Crippen LogP contribution is -2.35. The fourth-order valence-corrected chi connectivity index (χ4v) is 3.02. The van der Waals surface area contributed by atoms with Crippen LogP contribution in [0.15, 0.2) is 42.5 Å². The van der Waals surface area contributed by atoms with Gasteiger partial charge in [-0.3, -0.25) is 4.90 Å². The van der Waals surface area contributed by atoms with Gasteiger partial charge in [0.15, 0.2) is 0 Å². The second-order valence-electron chi connectivity index (χ2n) is 7.28. The molecular weight excluding hydrogens is 298 g/mol. The van der Waals surface area contributed by atoms with E-state index >= 15 is 0 Å². The Morgan fingerprint density at radius 3 is 2.38 bits per heavy atom. The molecule has 0 aromatic heterocycles. The van der Waals surface area contributed by atoms with Gasteiger partial charge in [0, 0.05) is 6.54 Å². The maximum absolute atomic E-state index is 12.4. The highest BCUT2D eigenvalue weighted by Gasteiger charge is 2.28. The van der Waals surface area contributed by atoms with Gasteiger partial charge in [0.05, 0.1) is 5.69 Å². The predicted octanol–water partition coefficient (Wildman–Crippen LogP) is 5.21. The van der Waals surface area contributed by atoms with Crippen molar-refractivity contribution in [2.45, 2.75) is 46.1 Å². The standard InChI is InChI=1S/C21H25NO2/c1-5-15-6-8-16(9-7-15)17-10-11-19-18(14-17)12-13-22(19)20(23)24-21(2,3)4/h6-11,14H,5,12-13H2,1-4H3. The van der Waals surface area contributed by atoms with Crippen LogP contribution in [0, 0.1) is 0 Å². The third-order valence-corrected chi connectivity index (χ3v) is 4.28. The summed E-state index contributed by atoms with van der Waals surface area (Å²) in [6, 6.07) is 15.0. The van der Waals surface area contributed by atoms with E-state index in [1.165, 1.54) is 22.3 Å². The topological polar surface area (TPSA) is 29.5 Å². The van der Waals surface area contributed by atoms with E-state index in [9.17, 15) is 4.79 Å². The number of rotatable bonds is 2. The Kier molecular flexibility index (Phi) is 4.35. The maximum atomic E-state index is 12.4. The highest BCUT2D eigenvalue weighted by Crippen LogP contribution is 2.33. The molecule has 0 radical (unpaired) electrons. The van der Waals surface area contributed by atoms with Crippen LogP contribution < -0.4 is 4.90 Å². The number of fused-ring (bicyclic) bond motifs is 1. The molecule has 0 aliphatic carbocycles. The highest BCUT2D eigenvalue weighted by molar-refractivity contribution is 5.91. The Balaban J connectivity index is 1.83. The first kappa shape index (κ1) is 16.6. The molecule has 1 heterocycles. The van der Waals surface area contributed by atoms with Gasteiger partial charge in [-0.1, -0.05) is 37.3 Å². The Labute approximate surface area is 144 Å². The summed E-state index contributed by atoms with van der Waals surface area (Å²) in [5, 5.41) is 0. The van der Waals surface area contributed by atoms with Gasteiger partial charge in [0.1, 0.15) is 5.60 Å². The predicted molar refractivity (Wildman–Crippen MR) is 98.5 cm³/mol. The van der Waals surface area contributed by atoms with Crippen LogP contribution in [0.2, 0.25) is 0 Å². The fourth-order valence-electron chi connectivity index (χ4n) is 3.02. The molecule has 1 amide bonds. The fraction of sp³-hybridized carbons (Fsp3) is 0.381. The van der Waals surface area contributed by atoms with Crippen LogP contribution in [0.3, 0.4) is 0 Å². The van der Waals surface area contributed by atoms with Crippen molar-refractivity contribution >= 4 is 11.8 Å². The Bertz CT molecular complexity index is 741. The first-order chi connectivity index (χ1) is 11.4. The number of aryl methyl sites for hydroxylation is 1. The van der Waals surface area contributed by atoms with Crippen molar-refractivity contribution in [1.82, 2.24) is 0 Å². The first-order valence-corrected chi connectivity index (χ1v) is 8.60. The largest absolute Gasteiger partial charge is 0.443 e. The number of nitrogens with zero attached hydrogens (tertiary/aromatic N) is 1. The Morgan fingerprint density at radius 1 is 1.08 bits per heavy atom. The molecule has 0 bridgehead atoms. The summed E-state index contributed by atoms with van der Waals surface area (Å²) in [6.07, 6.45) is 1.66. The van der Waals surface area contributed by atoms with Crippen LogP contribution in [-0.2, 0) is 17.6 Å². The van der Waals surface area contributed by atoms with E-state index in [-0.39, 0.29) is 6.09 Å². The Morgan fingerprint density at radius 2 is 1.75 bits per heavy atom. The molecular formula is C21H25NO2. The number of hydrogen-bond donors (Lipinski definition) is 0. The van der Waals surface area contributed by atoms with E-state index in [4.69, 9.17) is 4.74 Å². The van der Waals surface area contributed by atoms with Crippen molar-refractivity contribution in [3.8, 4) is 11.1 Å². The van der Waals surface area contributed by atoms with Gasteiger partial charge >= 0.3 is 6.09 Å². The van der Waals surface area contributed by atoms with Crippen molar-refractivity contribution in [3.05, 3.63) is 53.6 Å². The lowest BCUT2D eigenvalue weighted by Gasteiger charge is -2.24. The second kappa shape index (κ2) is 6.31. The van der Waals surface area contributed by atoms with Crippen LogP contribution in [0.4, 0.5) is 10.5 Å². The summed E-state index contributed by atoms with van der Waals surface area (Å²) in [7, 11) is 0. The van der Waals surface area contributed by atoms with Gasteiger partial charge in [-0.2, -0.15) is 0 Å². The van der Waals surface area contributed by atoms with Crippen LogP contribution in [0.25, 0.3) is 11.1 Å². The van der Waals surface area contributed by atoms with Gasteiger partial charge in [0.25, 0.3) is 0 Å². The van der Waals surface area contributed by atoms with Crippen molar-refractivity contribution in [2.75, 3.05) is 11.4 Å². The number of ether oxygens (including phenoxy) is 1. The number of carbonyl (C=O) groups is 1. The molecule has 0 saturated carbocycles. The number of carbonyl (C=O) groups excluding carboxylic acids is 1. The summed E-state index contributed by atoms with van der Waals surface area (Å²) >= 11 is 0. The van der Waals surface area contributed by atoms with E-state index in [2.05, 4.69) is 43.3 Å². The molecule has 0 saturated heterocycles.